The fraction of sp³-hybridized carbons (Fsp3) is 0.333. The van der Waals surface area contributed by atoms with Gasteiger partial charge in [0.25, 0.3) is 0 Å². The highest BCUT2D eigenvalue weighted by Crippen LogP contribution is 2.29. The van der Waals surface area contributed by atoms with Gasteiger partial charge in [0.05, 0.1) is 5.50 Å². The largest absolute Gasteiger partial charge is 0.489 e. The molecular weight excluding hydrogens is 225 g/mol. The Labute approximate surface area is 90.0 Å². The van der Waals surface area contributed by atoms with Crippen molar-refractivity contribution in [3.63, 3.8) is 0 Å². The lowest BCUT2D eigenvalue weighted by atomic mass is 9.76. The maximum absolute atomic E-state index is 13.2. The normalized spacial score (nSPS) is 18.0. The van der Waals surface area contributed by atoms with Crippen LogP contribution in [0.2, 0.25) is 0 Å². The maximum Gasteiger partial charge on any atom is 0.203 e. The summed E-state index contributed by atoms with van der Waals surface area (Å²) in [7, 11) is 5.51. The van der Waals surface area contributed by atoms with Crippen LogP contribution in [0.1, 0.15) is 0 Å². The molecule has 0 aliphatic carbocycles. The SMILES string of the molecule is [B]C1(Oc2c(F)c(F)cc(F)c2F)CNC1. The molecule has 0 saturated carbocycles. The molecular formula is C9H6BF4NO. The first-order chi connectivity index (χ1) is 7.43. The molecule has 2 nitrogen and oxygen atoms in total. The molecule has 0 aromatic heterocycles. The molecule has 1 saturated heterocycles. The van der Waals surface area contributed by atoms with Crippen LogP contribution in [-0.2, 0) is 0 Å². The summed E-state index contributed by atoms with van der Waals surface area (Å²) < 4.78 is 56.6. The van der Waals surface area contributed by atoms with Crippen LogP contribution >= 0.6 is 0 Å². The molecule has 1 aliphatic heterocycles. The van der Waals surface area contributed by atoms with E-state index in [0.29, 0.717) is 0 Å². The van der Waals surface area contributed by atoms with Gasteiger partial charge < -0.3 is 10.1 Å². The third-order valence-corrected chi connectivity index (χ3v) is 2.23. The second-order valence-electron chi connectivity index (χ2n) is 3.57. The summed E-state index contributed by atoms with van der Waals surface area (Å²) in [5.41, 5.74) is -1.33. The number of hydrogen-bond donors (Lipinski definition) is 1. The summed E-state index contributed by atoms with van der Waals surface area (Å²) in [6.45, 7) is 0.286. The zero-order valence-electron chi connectivity index (χ0n) is 7.99. The van der Waals surface area contributed by atoms with E-state index >= 15 is 0 Å². The van der Waals surface area contributed by atoms with E-state index in [4.69, 9.17) is 12.6 Å². The molecule has 0 bridgehead atoms. The lowest BCUT2D eigenvalue weighted by Crippen LogP contribution is -2.63. The van der Waals surface area contributed by atoms with Crippen molar-refractivity contribution < 1.29 is 22.3 Å². The number of ether oxygens (including phenoxy) is 1. The molecule has 0 unspecified atom stereocenters. The van der Waals surface area contributed by atoms with Crippen molar-refractivity contribution in [2.45, 2.75) is 5.50 Å². The lowest BCUT2D eigenvalue weighted by Gasteiger charge is -2.40. The Morgan fingerprint density at radius 2 is 1.62 bits per heavy atom. The van der Waals surface area contributed by atoms with Crippen molar-refractivity contribution in [2.75, 3.05) is 13.1 Å². The first-order valence-corrected chi connectivity index (χ1v) is 4.44. The van der Waals surface area contributed by atoms with Crippen molar-refractivity contribution in [3.05, 3.63) is 29.3 Å². The molecule has 0 atom stereocenters. The van der Waals surface area contributed by atoms with Crippen molar-refractivity contribution in [2.24, 2.45) is 0 Å². The van der Waals surface area contributed by atoms with Gasteiger partial charge in [-0.3, -0.25) is 0 Å². The highest BCUT2D eigenvalue weighted by atomic mass is 19.2. The van der Waals surface area contributed by atoms with Gasteiger partial charge in [-0.15, -0.1) is 0 Å². The van der Waals surface area contributed by atoms with Crippen molar-refractivity contribution in [3.8, 4) is 5.75 Å². The summed E-state index contributed by atoms with van der Waals surface area (Å²) in [5, 5.41) is 2.71. The minimum atomic E-state index is -1.59. The van der Waals surface area contributed by atoms with E-state index in [-0.39, 0.29) is 19.2 Å². The van der Waals surface area contributed by atoms with Crippen LogP contribution in [-0.4, -0.2) is 26.4 Å². The number of benzene rings is 1. The average molecular weight is 231 g/mol. The Bertz CT molecular complexity index is 410. The van der Waals surface area contributed by atoms with Crippen LogP contribution in [0.4, 0.5) is 17.6 Å². The number of nitrogens with one attached hydrogen (secondary N) is 1. The average Bonchev–Trinajstić information content (AvgIpc) is 2.19. The van der Waals surface area contributed by atoms with Gasteiger partial charge in [0.2, 0.25) is 11.6 Å². The molecule has 1 fully saturated rings. The summed E-state index contributed by atoms with van der Waals surface area (Å²) in [4.78, 5) is 0. The summed E-state index contributed by atoms with van der Waals surface area (Å²) in [6, 6.07) is 0.111. The number of hydrogen-bond acceptors (Lipinski definition) is 2. The minimum Gasteiger partial charge on any atom is -0.489 e. The molecule has 7 heteroatoms. The second kappa shape index (κ2) is 3.66. The molecule has 1 aromatic carbocycles. The molecule has 16 heavy (non-hydrogen) atoms. The molecule has 1 N–H and O–H groups in total. The predicted octanol–water partition coefficient (Wildman–Crippen LogP) is 1.09. The third-order valence-electron chi connectivity index (χ3n) is 2.23. The highest BCUT2D eigenvalue weighted by molar-refractivity contribution is 6.15. The lowest BCUT2D eigenvalue weighted by molar-refractivity contribution is 0.0855. The smallest absolute Gasteiger partial charge is 0.203 e. The third kappa shape index (κ3) is 1.75. The first-order valence-electron chi connectivity index (χ1n) is 4.44. The summed E-state index contributed by atoms with van der Waals surface area (Å²) in [6.07, 6.45) is 0. The topological polar surface area (TPSA) is 21.3 Å². The Hall–Kier alpha value is -1.24. The zero-order valence-corrected chi connectivity index (χ0v) is 7.99. The van der Waals surface area contributed by atoms with E-state index in [0.717, 1.165) is 0 Å². The van der Waals surface area contributed by atoms with Gasteiger partial charge in [0.15, 0.2) is 17.4 Å². The van der Waals surface area contributed by atoms with Crippen LogP contribution < -0.4 is 10.1 Å². The molecule has 2 rings (SSSR count). The van der Waals surface area contributed by atoms with Gasteiger partial charge in [-0.2, -0.15) is 8.78 Å². The molecule has 1 heterocycles. The van der Waals surface area contributed by atoms with Crippen molar-refractivity contribution >= 4 is 7.85 Å². The zero-order chi connectivity index (χ0) is 11.9. The Morgan fingerprint density at radius 3 is 2.00 bits per heavy atom. The van der Waals surface area contributed by atoms with Gasteiger partial charge in [-0.25, -0.2) is 8.78 Å². The first kappa shape index (κ1) is 11.3. The van der Waals surface area contributed by atoms with E-state index in [1.54, 1.807) is 0 Å². The summed E-state index contributed by atoms with van der Waals surface area (Å²) in [5.74, 6) is -7.35. The van der Waals surface area contributed by atoms with Crippen molar-refractivity contribution in [1.29, 1.82) is 0 Å². The van der Waals surface area contributed by atoms with Gasteiger partial charge >= 0.3 is 0 Å². The Kier molecular flexibility index (Phi) is 2.57. The molecule has 84 valence electrons. The van der Waals surface area contributed by atoms with Crippen LogP contribution in [0.25, 0.3) is 0 Å². The molecule has 0 amide bonds. The number of halogens is 4. The minimum absolute atomic E-state index is 0.111. The molecule has 1 aromatic rings. The second-order valence-corrected chi connectivity index (χ2v) is 3.57. The van der Waals surface area contributed by atoms with Crippen LogP contribution in [0, 0.1) is 23.3 Å². The fourth-order valence-corrected chi connectivity index (χ4v) is 1.29. The Morgan fingerprint density at radius 1 is 1.12 bits per heavy atom. The predicted molar refractivity (Wildman–Crippen MR) is 48.3 cm³/mol. The summed E-state index contributed by atoms with van der Waals surface area (Å²) >= 11 is 0. The molecule has 1 aliphatic rings. The molecule has 2 radical (unpaired) electrons. The van der Waals surface area contributed by atoms with Crippen LogP contribution in [0.15, 0.2) is 6.07 Å². The van der Waals surface area contributed by atoms with Gasteiger partial charge in [0, 0.05) is 19.2 Å². The number of rotatable bonds is 2. The van der Waals surface area contributed by atoms with E-state index in [1.807, 2.05) is 0 Å². The van der Waals surface area contributed by atoms with Crippen LogP contribution in [0.5, 0.6) is 5.75 Å². The van der Waals surface area contributed by atoms with E-state index in [2.05, 4.69) is 5.32 Å². The van der Waals surface area contributed by atoms with E-state index in [9.17, 15) is 17.6 Å². The van der Waals surface area contributed by atoms with Crippen molar-refractivity contribution in [1.82, 2.24) is 5.32 Å². The van der Waals surface area contributed by atoms with Gasteiger partial charge in [-0.05, 0) is 0 Å². The van der Waals surface area contributed by atoms with Gasteiger partial charge in [-0.1, -0.05) is 0 Å². The van der Waals surface area contributed by atoms with Gasteiger partial charge in [0.1, 0.15) is 7.85 Å². The highest BCUT2D eigenvalue weighted by Gasteiger charge is 2.36. The standard InChI is InChI=1S/C9H6BF4NO/c10-9(2-15-3-9)16-8-6(13)4(11)1-5(12)7(8)14/h1,15H,2-3H2. The quantitative estimate of drug-likeness (QED) is 0.467. The van der Waals surface area contributed by atoms with Crippen LogP contribution in [0.3, 0.4) is 0 Å². The van der Waals surface area contributed by atoms with E-state index in [1.165, 1.54) is 0 Å². The fourth-order valence-electron chi connectivity index (χ4n) is 1.29. The Balaban J connectivity index is 2.39. The van der Waals surface area contributed by atoms with E-state index < -0.39 is 34.5 Å². The molecule has 0 spiro atoms. The maximum atomic E-state index is 13.2. The monoisotopic (exact) mass is 231 g/mol.